The number of carbonyl (C=O) groups is 3. The maximum absolute atomic E-state index is 12.2. The lowest BCUT2D eigenvalue weighted by Gasteiger charge is -2.18. The van der Waals surface area contributed by atoms with Crippen molar-refractivity contribution in [3.05, 3.63) is 58.7 Å². The van der Waals surface area contributed by atoms with Gasteiger partial charge in [-0.15, -0.1) is 0 Å². The Morgan fingerprint density at radius 3 is 2.21 bits per heavy atom. The van der Waals surface area contributed by atoms with E-state index in [2.05, 4.69) is 5.32 Å². The van der Waals surface area contributed by atoms with E-state index in [0.717, 1.165) is 16.8 Å². The molecule has 7 nitrogen and oxygen atoms in total. The first-order chi connectivity index (χ1) is 13.2. The SMILES string of the molecule is Cc1cccc(C(=O)OCC(=O)N(C)CC(=O)Nc2c(C)cccc2C)c1O. The molecule has 0 bridgehead atoms. The number of likely N-dealkylation sites (N-methyl/N-ethyl adjacent to an activating group) is 1. The number of rotatable bonds is 6. The summed E-state index contributed by atoms with van der Waals surface area (Å²) >= 11 is 0. The zero-order valence-electron chi connectivity index (χ0n) is 16.4. The van der Waals surface area contributed by atoms with E-state index in [-0.39, 0.29) is 23.8 Å². The quantitative estimate of drug-likeness (QED) is 0.747. The van der Waals surface area contributed by atoms with Crippen LogP contribution in [-0.4, -0.2) is 48.0 Å². The van der Waals surface area contributed by atoms with Crippen molar-refractivity contribution < 1.29 is 24.2 Å². The van der Waals surface area contributed by atoms with Crippen LogP contribution in [0, 0.1) is 20.8 Å². The number of nitrogens with one attached hydrogen (secondary N) is 1. The molecule has 2 aromatic rings. The van der Waals surface area contributed by atoms with E-state index in [1.807, 2.05) is 32.0 Å². The summed E-state index contributed by atoms with van der Waals surface area (Å²) in [5, 5.41) is 12.7. The zero-order valence-corrected chi connectivity index (χ0v) is 16.4. The summed E-state index contributed by atoms with van der Waals surface area (Å²) in [4.78, 5) is 37.6. The van der Waals surface area contributed by atoms with E-state index >= 15 is 0 Å². The summed E-state index contributed by atoms with van der Waals surface area (Å²) in [5.41, 5.74) is 3.09. The number of esters is 1. The molecule has 0 aliphatic rings. The topological polar surface area (TPSA) is 95.9 Å². The number of phenolic OH excluding ortho intramolecular Hbond substituents is 1. The van der Waals surface area contributed by atoms with Gasteiger partial charge in [0.05, 0.1) is 6.54 Å². The first-order valence-corrected chi connectivity index (χ1v) is 8.76. The number of nitrogens with zero attached hydrogens (tertiary/aromatic N) is 1. The van der Waals surface area contributed by atoms with Gasteiger partial charge < -0.3 is 20.1 Å². The van der Waals surface area contributed by atoms with E-state index in [0.29, 0.717) is 5.56 Å². The fraction of sp³-hybridized carbons (Fsp3) is 0.286. The Balaban J connectivity index is 1.89. The molecule has 0 fully saturated rings. The molecule has 2 N–H and O–H groups in total. The predicted octanol–water partition coefficient (Wildman–Crippen LogP) is 2.57. The van der Waals surface area contributed by atoms with Crippen molar-refractivity contribution in [2.75, 3.05) is 25.5 Å². The highest BCUT2D eigenvalue weighted by Gasteiger charge is 2.19. The Morgan fingerprint density at radius 2 is 1.57 bits per heavy atom. The van der Waals surface area contributed by atoms with Gasteiger partial charge in [-0.3, -0.25) is 9.59 Å². The molecule has 148 valence electrons. The number of para-hydroxylation sites is 2. The molecular formula is C21H24N2O5. The number of aryl methyl sites for hydroxylation is 3. The number of hydrogen-bond acceptors (Lipinski definition) is 5. The van der Waals surface area contributed by atoms with Gasteiger partial charge in [-0.25, -0.2) is 4.79 Å². The minimum atomic E-state index is -0.803. The Hall–Kier alpha value is -3.35. The highest BCUT2D eigenvalue weighted by molar-refractivity contribution is 5.97. The second kappa shape index (κ2) is 9.03. The second-order valence-electron chi connectivity index (χ2n) is 6.61. The lowest BCUT2D eigenvalue weighted by Crippen LogP contribution is -2.37. The van der Waals surface area contributed by atoms with Crippen LogP contribution in [0.5, 0.6) is 5.75 Å². The van der Waals surface area contributed by atoms with Crippen molar-refractivity contribution in [3.63, 3.8) is 0 Å². The van der Waals surface area contributed by atoms with Crippen molar-refractivity contribution >= 4 is 23.5 Å². The van der Waals surface area contributed by atoms with E-state index in [1.165, 1.54) is 18.0 Å². The number of amides is 2. The standard InChI is InChI=1S/C21H24N2O5/c1-13-7-5-8-14(2)19(13)22-17(24)11-23(4)18(25)12-28-21(27)16-10-6-9-15(3)20(16)26/h5-10,26H,11-12H2,1-4H3,(H,22,24). The molecule has 0 aromatic heterocycles. The van der Waals surface area contributed by atoms with Crippen LogP contribution in [0.1, 0.15) is 27.0 Å². The lowest BCUT2D eigenvalue weighted by atomic mass is 10.1. The summed E-state index contributed by atoms with van der Waals surface area (Å²) < 4.78 is 4.96. The summed E-state index contributed by atoms with van der Waals surface area (Å²) in [6.07, 6.45) is 0. The highest BCUT2D eigenvalue weighted by Crippen LogP contribution is 2.22. The number of hydrogen-bond donors (Lipinski definition) is 2. The summed E-state index contributed by atoms with van der Waals surface area (Å²) in [7, 11) is 1.45. The minimum Gasteiger partial charge on any atom is -0.507 e. The van der Waals surface area contributed by atoms with Crippen LogP contribution in [0.15, 0.2) is 36.4 Å². The molecule has 7 heteroatoms. The Morgan fingerprint density at radius 1 is 1.00 bits per heavy atom. The van der Waals surface area contributed by atoms with Crippen molar-refractivity contribution in [2.24, 2.45) is 0 Å². The predicted molar refractivity (Wildman–Crippen MR) is 105 cm³/mol. The smallest absolute Gasteiger partial charge is 0.342 e. The maximum Gasteiger partial charge on any atom is 0.342 e. The van der Waals surface area contributed by atoms with Crippen molar-refractivity contribution in [1.82, 2.24) is 4.90 Å². The van der Waals surface area contributed by atoms with Crippen LogP contribution < -0.4 is 5.32 Å². The van der Waals surface area contributed by atoms with E-state index in [1.54, 1.807) is 19.1 Å². The zero-order chi connectivity index (χ0) is 20.8. The number of carbonyl (C=O) groups excluding carboxylic acids is 3. The fourth-order valence-corrected chi connectivity index (χ4v) is 2.63. The molecular weight excluding hydrogens is 360 g/mol. The third-order valence-corrected chi connectivity index (χ3v) is 4.34. The molecule has 0 atom stereocenters. The summed E-state index contributed by atoms with van der Waals surface area (Å²) in [6.45, 7) is 4.72. The first-order valence-electron chi connectivity index (χ1n) is 8.76. The lowest BCUT2D eigenvalue weighted by molar-refractivity contribution is -0.136. The number of benzene rings is 2. The summed E-state index contributed by atoms with van der Waals surface area (Å²) in [5.74, 6) is -1.86. The normalized spacial score (nSPS) is 10.3. The van der Waals surface area contributed by atoms with Gasteiger partial charge in [-0.1, -0.05) is 30.3 Å². The molecule has 0 spiro atoms. The molecule has 0 aliphatic heterocycles. The molecule has 0 radical (unpaired) electrons. The first kappa shape index (κ1) is 21.0. The summed E-state index contributed by atoms with van der Waals surface area (Å²) in [6, 6.07) is 10.3. The van der Waals surface area contributed by atoms with Crippen LogP contribution >= 0.6 is 0 Å². The number of aromatic hydroxyl groups is 1. The van der Waals surface area contributed by atoms with Crippen LogP contribution in [0.2, 0.25) is 0 Å². The Bertz CT molecular complexity index is 887. The van der Waals surface area contributed by atoms with Crippen molar-refractivity contribution in [1.29, 1.82) is 0 Å². The number of anilines is 1. The average Bonchev–Trinajstić information content (AvgIpc) is 2.64. The van der Waals surface area contributed by atoms with Crippen LogP contribution in [0.3, 0.4) is 0 Å². The molecule has 2 amide bonds. The van der Waals surface area contributed by atoms with Crippen molar-refractivity contribution in [3.8, 4) is 5.75 Å². The molecule has 2 rings (SSSR count). The van der Waals surface area contributed by atoms with Gasteiger partial charge in [0.15, 0.2) is 6.61 Å². The Kier molecular flexibility index (Phi) is 6.76. The number of phenols is 1. The third kappa shape index (κ3) is 5.09. The minimum absolute atomic E-state index is 0.0109. The average molecular weight is 384 g/mol. The molecule has 0 saturated heterocycles. The van der Waals surface area contributed by atoms with Gasteiger partial charge in [0.2, 0.25) is 5.91 Å². The van der Waals surface area contributed by atoms with Crippen LogP contribution in [-0.2, 0) is 14.3 Å². The molecule has 0 heterocycles. The molecule has 28 heavy (non-hydrogen) atoms. The van der Waals surface area contributed by atoms with E-state index in [4.69, 9.17) is 4.74 Å². The molecule has 0 saturated carbocycles. The second-order valence-corrected chi connectivity index (χ2v) is 6.61. The largest absolute Gasteiger partial charge is 0.507 e. The fourth-order valence-electron chi connectivity index (χ4n) is 2.63. The maximum atomic E-state index is 12.2. The highest BCUT2D eigenvalue weighted by atomic mass is 16.5. The monoisotopic (exact) mass is 384 g/mol. The van der Waals surface area contributed by atoms with Gasteiger partial charge in [0.1, 0.15) is 11.3 Å². The molecule has 0 aliphatic carbocycles. The van der Waals surface area contributed by atoms with E-state index in [9.17, 15) is 19.5 Å². The van der Waals surface area contributed by atoms with Crippen molar-refractivity contribution in [2.45, 2.75) is 20.8 Å². The molecule has 2 aromatic carbocycles. The third-order valence-electron chi connectivity index (χ3n) is 4.34. The van der Waals surface area contributed by atoms with Gasteiger partial charge in [-0.2, -0.15) is 0 Å². The number of ether oxygens (including phenoxy) is 1. The van der Waals surface area contributed by atoms with Crippen LogP contribution in [0.4, 0.5) is 5.69 Å². The molecule has 0 unspecified atom stereocenters. The van der Waals surface area contributed by atoms with Gasteiger partial charge in [0, 0.05) is 12.7 Å². The van der Waals surface area contributed by atoms with Gasteiger partial charge >= 0.3 is 5.97 Å². The van der Waals surface area contributed by atoms with Gasteiger partial charge in [0.25, 0.3) is 5.91 Å². The van der Waals surface area contributed by atoms with Crippen LogP contribution in [0.25, 0.3) is 0 Å². The Labute approximate surface area is 163 Å². The van der Waals surface area contributed by atoms with Gasteiger partial charge in [-0.05, 0) is 43.5 Å². The van der Waals surface area contributed by atoms with E-state index < -0.39 is 18.5 Å².